The van der Waals surface area contributed by atoms with Crippen molar-refractivity contribution in [1.29, 1.82) is 0 Å². The molecule has 0 radical (unpaired) electrons. The standard InChI is InChI=1S/C28H30N4O4/c1-20(2)36-23-14-12-22(13-15-23)16-29-26(33)18-31-24-10-6-7-11-25(24)32(19-27(31)34)28(35)30-17-21-8-4-3-5-9-21/h3-15,20H,16-19H2,1-2H3,(H,29,33)(H,30,35). The van der Waals surface area contributed by atoms with Crippen molar-refractivity contribution in [2.24, 2.45) is 0 Å². The zero-order chi connectivity index (χ0) is 25.5. The van der Waals surface area contributed by atoms with Crippen LogP contribution < -0.4 is 25.2 Å². The highest BCUT2D eigenvalue weighted by molar-refractivity contribution is 6.12. The summed E-state index contributed by atoms with van der Waals surface area (Å²) in [5.74, 6) is 0.157. The average molecular weight is 487 g/mol. The molecule has 0 saturated heterocycles. The van der Waals surface area contributed by atoms with E-state index in [2.05, 4.69) is 10.6 Å². The summed E-state index contributed by atoms with van der Waals surface area (Å²) in [7, 11) is 0. The number of anilines is 2. The van der Waals surface area contributed by atoms with Gasteiger partial charge >= 0.3 is 6.03 Å². The van der Waals surface area contributed by atoms with Gasteiger partial charge in [0.05, 0.1) is 17.5 Å². The number of para-hydroxylation sites is 2. The van der Waals surface area contributed by atoms with Crippen molar-refractivity contribution in [2.75, 3.05) is 22.9 Å². The Hall–Kier alpha value is -4.33. The van der Waals surface area contributed by atoms with Crippen LogP contribution in [0.4, 0.5) is 16.2 Å². The topological polar surface area (TPSA) is 91.0 Å². The highest BCUT2D eigenvalue weighted by atomic mass is 16.5. The van der Waals surface area contributed by atoms with Gasteiger partial charge in [-0.2, -0.15) is 0 Å². The fourth-order valence-corrected chi connectivity index (χ4v) is 3.94. The van der Waals surface area contributed by atoms with Crippen molar-refractivity contribution in [2.45, 2.75) is 33.0 Å². The molecule has 0 saturated carbocycles. The highest BCUT2D eigenvalue weighted by Gasteiger charge is 2.33. The quantitative estimate of drug-likeness (QED) is 0.506. The Labute approximate surface area is 210 Å². The van der Waals surface area contributed by atoms with Crippen LogP contribution in [0, 0.1) is 0 Å². The average Bonchev–Trinajstić information content (AvgIpc) is 2.88. The van der Waals surface area contributed by atoms with Crippen LogP contribution >= 0.6 is 0 Å². The number of hydrogen-bond acceptors (Lipinski definition) is 4. The third-order valence-electron chi connectivity index (χ3n) is 5.68. The zero-order valence-corrected chi connectivity index (χ0v) is 20.4. The Morgan fingerprint density at radius 1 is 0.833 bits per heavy atom. The minimum Gasteiger partial charge on any atom is -0.491 e. The number of amides is 4. The third-order valence-corrected chi connectivity index (χ3v) is 5.68. The van der Waals surface area contributed by atoms with Crippen LogP contribution in [0.5, 0.6) is 5.75 Å². The predicted molar refractivity (Wildman–Crippen MR) is 139 cm³/mol. The number of ether oxygens (including phenoxy) is 1. The molecule has 1 aliphatic rings. The molecule has 1 heterocycles. The number of nitrogens with one attached hydrogen (secondary N) is 2. The summed E-state index contributed by atoms with van der Waals surface area (Å²) in [6, 6.07) is 23.8. The number of hydrogen-bond donors (Lipinski definition) is 2. The summed E-state index contributed by atoms with van der Waals surface area (Å²) in [5, 5.41) is 5.73. The Morgan fingerprint density at radius 3 is 2.14 bits per heavy atom. The fraction of sp³-hybridized carbons (Fsp3) is 0.250. The van der Waals surface area contributed by atoms with Gasteiger partial charge < -0.3 is 15.4 Å². The van der Waals surface area contributed by atoms with Crippen LogP contribution in [-0.4, -0.2) is 37.0 Å². The van der Waals surface area contributed by atoms with Gasteiger partial charge in [-0.25, -0.2) is 4.79 Å². The van der Waals surface area contributed by atoms with E-state index in [1.807, 2.05) is 68.4 Å². The van der Waals surface area contributed by atoms with Gasteiger partial charge in [0.15, 0.2) is 0 Å². The van der Waals surface area contributed by atoms with Crippen LogP contribution in [-0.2, 0) is 22.7 Å². The van der Waals surface area contributed by atoms with Crippen LogP contribution in [0.1, 0.15) is 25.0 Å². The van der Waals surface area contributed by atoms with Crippen molar-refractivity contribution in [3.05, 3.63) is 90.0 Å². The first-order valence-corrected chi connectivity index (χ1v) is 11.9. The molecule has 36 heavy (non-hydrogen) atoms. The molecule has 1 aliphatic heterocycles. The molecule has 0 unspecified atom stereocenters. The highest BCUT2D eigenvalue weighted by Crippen LogP contribution is 2.33. The van der Waals surface area contributed by atoms with Crippen LogP contribution in [0.15, 0.2) is 78.9 Å². The zero-order valence-electron chi connectivity index (χ0n) is 20.4. The molecule has 4 rings (SSSR count). The van der Waals surface area contributed by atoms with Gasteiger partial charge in [0.25, 0.3) is 0 Å². The number of rotatable bonds is 8. The van der Waals surface area contributed by atoms with Gasteiger partial charge in [0.1, 0.15) is 18.8 Å². The van der Waals surface area contributed by atoms with Gasteiger partial charge in [0, 0.05) is 13.1 Å². The first kappa shape index (κ1) is 24.8. The SMILES string of the molecule is CC(C)Oc1ccc(CNC(=O)CN2C(=O)CN(C(=O)NCc3ccccc3)c3ccccc32)cc1. The summed E-state index contributed by atoms with van der Waals surface area (Å²) >= 11 is 0. The second kappa shape index (κ2) is 11.4. The normalized spacial score (nSPS) is 12.8. The fourth-order valence-electron chi connectivity index (χ4n) is 3.94. The summed E-state index contributed by atoms with van der Waals surface area (Å²) in [6.07, 6.45) is 0.0892. The van der Waals surface area contributed by atoms with Crippen LogP contribution in [0.2, 0.25) is 0 Å². The van der Waals surface area contributed by atoms with Crippen molar-refractivity contribution in [1.82, 2.24) is 10.6 Å². The number of benzene rings is 3. The van der Waals surface area contributed by atoms with E-state index in [4.69, 9.17) is 4.74 Å². The third kappa shape index (κ3) is 6.21. The number of carbonyl (C=O) groups excluding carboxylic acids is 3. The molecule has 0 spiro atoms. The summed E-state index contributed by atoms with van der Waals surface area (Å²) in [5.41, 5.74) is 2.99. The van der Waals surface area contributed by atoms with Gasteiger partial charge in [-0.15, -0.1) is 0 Å². The second-order valence-electron chi connectivity index (χ2n) is 8.79. The number of nitrogens with zero attached hydrogens (tertiary/aromatic N) is 2. The minimum absolute atomic E-state index is 0.0892. The Morgan fingerprint density at radius 2 is 1.44 bits per heavy atom. The first-order valence-electron chi connectivity index (χ1n) is 11.9. The lowest BCUT2D eigenvalue weighted by Crippen LogP contribution is -2.53. The van der Waals surface area contributed by atoms with Gasteiger partial charge in [0.2, 0.25) is 11.8 Å². The monoisotopic (exact) mass is 486 g/mol. The minimum atomic E-state index is -0.367. The van der Waals surface area contributed by atoms with Crippen LogP contribution in [0.25, 0.3) is 0 Å². The molecule has 186 valence electrons. The lowest BCUT2D eigenvalue weighted by Gasteiger charge is -2.35. The molecule has 2 N–H and O–H groups in total. The largest absolute Gasteiger partial charge is 0.491 e. The summed E-state index contributed by atoms with van der Waals surface area (Å²) in [4.78, 5) is 41.4. The van der Waals surface area contributed by atoms with Crippen molar-refractivity contribution in [3.63, 3.8) is 0 Å². The lowest BCUT2D eigenvalue weighted by atomic mass is 10.1. The smallest absolute Gasteiger partial charge is 0.322 e. The van der Waals surface area contributed by atoms with E-state index in [9.17, 15) is 14.4 Å². The van der Waals surface area contributed by atoms with Gasteiger partial charge in [-0.3, -0.25) is 19.4 Å². The molecule has 8 heteroatoms. The molecule has 8 nitrogen and oxygen atoms in total. The van der Waals surface area contributed by atoms with E-state index in [1.54, 1.807) is 24.3 Å². The maximum atomic E-state index is 13.0. The molecule has 0 bridgehead atoms. The molecular weight excluding hydrogens is 456 g/mol. The summed E-state index contributed by atoms with van der Waals surface area (Å²) < 4.78 is 5.64. The Balaban J connectivity index is 1.38. The van der Waals surface area contributed by atoms with Gasteiger partial charge in [-0.05, 0) is 49.2 Å². The molecule has 3 aromatic rings. The van der Waals surface area contributed by atoms with E-state index in [-0.39, 0.29) is 37.0 Å². The lowest BCUT2D eigenvalue weighted by molar-refractivity contribution is -0.123. The number of carbonyl (C=O) groups is 3. The summed E-state index contributed by atoms with van der Waals surface area (Å²) in [6.45, 7) is 4.32. The second-order valence-corrected chi connectivity index (χ2v) is 8.79. The van der Waals surface area contributed by atoms with Gasteiger partial charge in [-0.1, -0.05) is 54.6 Å². The Kier molecular flexibility index (Phi) is 7.85. The predicted octanol–water partition coefficient (Wildman–Crippen LogP) is 3.85. The molecule has 4 amide bonds. The number of urea groups is 1. The molecule has 3 aromatic carbocycles. The Bertz CT molecular complexity index is 1210. The molecular formula is C28H30N4O4. The van der Waals surface area contributed by atoms with Crippen molar-refractivity contribution < 1.29 is 19.1 Å². The maximum absolute atomic E-state index is 13.0. The first-order chi connectivity index (χ1) is 17.4. The maximum Gasteiger partial charge on any atom is 0.322 e. The number of fused-ring (bicyclic) bond motifs is 1. The molecule has 0 atom stereocenters. The molecule has 0 aliphatic carbocycles. The van der Waals surface area contributed by atoms with E-state index < -0.39 is 0 Å². The van der Waals surface area contributed by atoms with E-state index in [0.29, 0.717) is 24.5 Å². The molecule has 0 aromatic heterocycles. The van der Waals surface area contributed by atoms with E-state index in [1.165, 1.54) is 9.80 Å². The van der Waals surface area contributed by atoms with Crippen molar-refractivity contribution >= 4 is 29.2 Å². The van der Waals surface area contributed by atoms with E-state index >= 15 is 0 Å². The molecule has 0 fully saturated rings. The van der Waals surface area contributed by atoms with Crippen LogP contribution in [0.3, 0.4) is 0 Å². The van der Waals surface area contributed by atoms with Crippen molar-refractivity contribution in [3.8, 4) is 5.75 Å². The van der Waals surface area contributed by atoms with E-state index in [0.717, 1.165) is 16.9 Å².